The standard InChI is InChI=1S/C30H38N4O4S2/c1-7-9-14-38-30(35)34(40(36)37)29-25(17-24(39-29)15-19(3)4)23-12-10-22(11-13-23)18-33-26(8-2)32-27-20(5)16-21(6)31-28(27)33/h10-13,16-17,19,40H,7-9,14-15,18H2,1-6H3. The van der Waals surface area contributed by atoms with E-state index in [0.717, 1.165) is 67.8 Å². The molecule has 8 nitrogen and oxygen atoms in total. The van der Waals surface area contributed by atoms with E-state index in [-0.39, 0.29) is 6.61 Å². The monoisotopic (exact) mass is 582 g/mol. The van der Waals surface area contributed by atoms with E-state index in [2.05, 4.69) is 38.3 Å². The smallest absolute Gasteiger partial charge is 0.428 e. The van der Waals surface area contributed by atoms with Crippen LogP contribution in [0, 0.1) is 19.8 Å². The number of unbranched alkanes of at least 4 members (excludes halogenated alkanes) is 1. The maximum Gasteiger partial charge on any atom is 0.428 e. The molecule has 3 heterocycles. The first-order chi connectivity index (χ1) is 19.1. The van der Waals surface area contributed by atoms with Crippen molar-refractivity contribution in [1.29, 1.82) is 0 Å². The second kappa shape index (κ2) is 13.0. The van der Waals surface area contributed by atoms with E-state index in [9.17, 15) is 13.2 Å². The zero-order valence-electron chi connectivity index (χ0n) is 24.1. The molecule has 4 rings (SSSR count). The van der Waals surface area contributed by atoms with Gasteiger partial charge in [0.1, 0.15) is 16.3 Å². The van der Waals surface area contributed by atoms with Crippen molar-refractivity contribution in [2.24, 2.45) is 5.92 Å². The van der Waals surface area contributed by atoms with Crippen LogP contribution in [0.15, 0.2) is 36.4 Å². The number of imidazole rings is 1. The first-order valence-corrected chi connectivity index (χ1v) is 15.7. The van der Waals surface area contributed by atoms with Crippen molar-refractivity contribution in [2.45, 2.75) is 73.8 Å². The number of carbonyl (C=O) groups excluding carboxylic acids is 1. The lowest BCUT2D eigenvalue weighted by Gasteiger charge is -2.16. The highest BCUT2D eigenvalue weighted by Crippen LogP contribution is 2.40. The Morgan fingerprint density at radius 2 is 1.82 bits per heavy atom. The van der Waals surface area contributed by atoms with E-state index in [1.165, 1.54) is 11.3 Å². The average Bonchev–Trinajstić information content (AvgIpc) is 3.45. The molecule has 0 aliphatic carbocycles. The first kappa shape index (κ1) is 29.7. The second-order valence-electron chi connectivity index (χ2n) is 10.5. The molecule has 4 aromatic rings. The SMILES string of the molecule is CCCCOC(=O)N(c1sc(CC(C)C)cc1-c1ccc(Cn2c(CC)nc3c(C)cc(C)nc32)cc1)[SH](=O)=O. The summed E-state index contributed by atoms with van der Waals surface area (Å²) in [6.45, 7) is 13.2. The van der Waals surface area contributed by atoms with Crippen LogP contribution in [-0.2, 0) is 35.0 Å². The number of hydrogen-bond donors (Lipinski definition) is 1. The van der Waals surface area contributed by atoms with Gasteiger partial charge in [-0.3, -0.25) is 0 Å². The minimum Gasteiger partial charge on any atom is -0.448 e. The number of aryl methyl sites for hydroxylation is 3. The molecule has 0 saturated heterocycles. The molecule has 0 atom stereocenters. The number of rotatable bonds is 11. The Hall–Kier alpha value is -3.24. The number of nitrogens with zero attached hydrogens (tertiary/aromatic N) is 4. The zero-order valence-corrected chi connectivity index (χ0v) is 25.8. The second-order valence-corrected chi connectivity index (χ2v) is 12.5. The molecule has 0 radical (unpaired) electrons. The van der Waals surface area contributed by atoms with Gasteiger partial charge in [0.25, 0.3) is 0 Å². The fourth-order valence-electron chi connectivity index (χ4n) is 4.74. The minimum atomic E-state index is -3.22. The number of carbonyl (C=O) groups is 1. The Labute approximate surface area is 242 Å². The molecule has 0 spiro atoms. The van der Waals surface area contributed by atoms with Crippen LogP contribution in [-0.4, -0.2) is 35.7 Å². The molecule has 0 bridgehead atoms. The number of pyridine rings is 1. The van der Waals surface area contributed by atoms with Crippen molar-refractivity contribution in [3.05, 3.63) is 63.9 Å². The number of aromatic nitrogens is 3. The quantitative estimate of drug-likeness (QED) is 0.153. The highest BCUT2D eigenvalue weighted by molar-refractivity contribution is 7.75. The molecule has 40 heavy (non-hydrogen) atoms. The summed E-state index contributed by atoms with van der Waals surface area (Å²) in [6.07, 6.45) is 2.23. The Morgan fingerprint density at radius 3 is 2.45 bits per heavy atom. The van der Waals surface area contributed by atoms with Crippen molar-refractivity contribution in [2.75, 3.05) is 10.9 Å². The van der Waals surface area contributed by atoms with E-state index in [1.54, 1.807) is 0 Å². The number of thiol groups is 1. The lowest BCUT2D eigenvalue weighted by atomic mass is 10.0. The average molecular weight is 583 g/mol. The van der Waals surface area contributed by atoms with Gasteiger partial charge in [0.15, 0.2) is 5.65 Å². The summed E-state index contributed by atoms with van der Waals surface area (Å²) < 4.78 is 32.8. The fourth-order valence-corrected chi connectivity index (χ4v) is 6.80. The predicted molar refractivity (Wildman–Crippen MR) is 163 cm³/mol. The molecule has 0 fully saturated rings. The third-order valence-corrected chi connectivity index (χ3v) is 8.62. The molecular formula is C30H38N4O4S2. The van der Waals surface area contributed by atoms with Gasteiger partial charge in [0.05, 0.1) is 13.2 Å². The number of hydrogen-bond acceptors (Lipinski definition) is 7. The Balaban J connectivity index is 1.70. The largest absolute Gasteiger partial charge is 0.448 e. The van der Waals surface area contributed by atoms with Crippen LogP contribution >= 0.6 is 11.3 Å². The van der Waals surface area contributed by atoms with Crippen molar-refractivity contribution in [3.63, 3.8) is 0 Å². The van der Waals surface area contributed by atoms with E-state index in [0.29, 0.717) is 29.4 Å². The molecule has 0 unspecified atom stereocenters. The van der Waals surface area contributed by atoms with Crippen LogP contribution in [0.4, 0.5) is 9.80 Å². The molecule has 10 heteroatoms. The van der Waals surface area contributed by atoms with Gasteiger partial charge in [0.2, 0.25) is 10.9 Å². The summed E-state index contributed by atoms with van der Waals surface area (Å²) in [4.78, 5) is 23.5. The highest BCUT2D eigenvalue weighted by Gasteiger charge is 2.26. The summed E-state index contributed by atoms with van der Waals surface area (Å²) >= 11 is 1.32. The summed E-state index contributed by atoms with van der Waals surface area (Å²) in [5.41, 5.74) is 6.50. The molecule has 0 aliphatic heterocycles. The Morgan fingerprint density at radius 1 is 1.10 bits per heavy atom. The number of ether oxygens (including phenoxy) is 1. The lowest BCUT2D eigenvalue weighted by molar-refractivity contribution is 0.156. The summed E-state index contributed by atoms with van der Waals surface area (Å²) in [6, 6.07) is 12.1. The van der Waals surface area contributed by atoms with E-state index >= 15 is 0 Å². The highest BCUT2D eigenvalue weighted by atomic mass is 32.2. The summed E-state index contributed by atoms with van der Waals surface area (Å²) in [5, 5.41) is 0.366. The number of benzene rings is 1. The Bertz CT molecular complexity index is 1560. The lowest BCUT2D eigenvalue weighted by Crippen LogP contribution is -2.30. The van der Waals surface area contributed by atoms with Crippen LogP contribution in [0.3, 0.4) is 0 Å². The van der Waals surface area contributed by atoms with Gasteiger partial charge < -0.3 is 9.30 Å². The van der Waals surface area contributed by atoms with Crippen LogP contribution < -0.4 is 4.31 Å². The van der Waals surface area contributed by atoms with Gasteiger partial charge in [-0.1, -0.05) is 58.4 Å². The van der Waals surface area contributed by atoms with Gasteiger partial charge in [-0.2, -0.15) is 4.31 Å². The van der Waals surface area contributed by atoms with E-state index < -0.39 is 17.0 Å². The molecule has 0 aliphatic rings. The van der Waals surface area contributed by atoms with Crippen molar-refractivity contribution >= 4 is 44.5 Å². The van der Waals surface area contributed by atoms with E-state index in [1.807, 2.05) is 44.2 Å². The molecule has 214 valence electrons. The fraction of sp³-hybridized carbons (Fsp3) is 0.433. The summed E-state index contributed by atoms with van der Waals surface area (Å²) in [5.74, 6) is 1.36. The summed E-state index contributed by atoms with van der Waals surface area (Å²) in [7, 11) is -3.22. The molecule has 0 saturated carbocycles. The maximum atomic E-state index is 12.8. The van der Waals surface area contributed by atoms with Crippen LogP contribution in [0.5, 0.6) is 0 Å². The topological polar surface area (TPSA) is 94.4 Å². The minimum absolute atomic E-state index is 0.180. The zero-order chi connectivity index (χ0) is 29.0. The molecule has 1 amide bonds. The number of amides is 1. The number of fused-ring (bicyclic) bond motifs is 1. The molecule has 0 N–H and O–H groups in total. The van der Waals surface area contributed by atoms with Crippen molar-refractivity contribution < 1.29 is 17.9 Å². The van der Waals surface area contributed by atoms with Crippen molar-refractivity contribution in [1.82, 2.24) is 14.5 Å². The first-order valence-electron chi connectivity index (χ1n) is 13.8. The third kappa shape index (κ3) is 6.55. The molecular weight excluding hydrogens is 544 g/mol. The maximum absolute atomic E-state index is 12.8. The molecule has 1 aromatic carbocycles. The van der Waals surface area contributed by atoms with Gasteiger partial charge in [0, 0.05) is 22.6 Å². The van der Waals surface area contributed by atoms with Gasteiger partial charge in [-0.15, -0.1) is 11.3 Å². The van der Waals surface area contributed by atoms with Crippen LogP contribution in [0.25, 0.3) is 22.3 Å². The van der Waals surface area contributed by atoms with Gasteiger partial charge in [-0.25, -0.2) is 23.2 Å². The van der Waals surface area contributed by atoms with Crippen molar-refractivity contribution in [3.8, 4) is 11.1 Å². The van der Waals surface area contributed by atoms with Gasteiger partial charge in [-0.05, 0) is 61.4 Å². The van der Waals surface area contributed by atoms with Gasteiger partial charge >= 0.3 is 6.09 Å². The third-order valence-electron chi connectivity index (χ3n) is 6.65. The number of thiophene rings is 1. The Kier molecular flexibility index (Phi) is 9.63. The van der Waals surface area contributed by atoms with E-state index in [4.69, 9.17) is 14.7 Å². The van der Waals surface area contributed by atoms with Crippen LogP contribution in [0.1, 0.15) is 68.1 Å². The molecule has 3 aromatic heterocycles. The number of anilines is 1. The predicted octanol–water partition coefficient (Wildman–Crippen LogP) is 6.86. The van der Waals surface area contributed by atoms with Crippen LogP contribution in [0.2, 0.25) is 0 Å². The normalized spacial score (nSPS) is 11.6.